The van der Waals surface area contributed by atoms with Crippen LogP contribution in [0.1, 0.15) is 11.1 Å². The Hall–Kier alpha value is -2.10. The zero-order valence-electron chi connectivity index (χ0n) is 9.27. The molecule has 2 rings (SSSR count). The highest BCUT2D eigenvalue weighted by molar-refractivity contribution is 5.44. The third kappa shape index (κ3) is 2.11. The molecule has 0 spiro atoms. The Bertz CT molecular complexity index is 511. The van der Waals surface area contributed by atoms with Crippen LogP contribution in [-0.2, 0) is 0 Å². The molecule has 0 radical (unpaired) electrons. The lowest BCUT2D eigenvalue weighted by Gasteiger charge is -2.09. The molecular formula is C12H13N3O. The molecule has 0 saturated heterocycles. The van der Waals surface area contributed by atoms with E-state index in [1.807, 2.05) is 32.0 Å². The number of benzene rings is 1. The van der Waals surface area contributed by atoms with Crippen molar-refractivity contribution in [3.05, 3.63) is 41.7 Å². The van der Waals surface area contributed by atoms with Crippen LogP contribution in [0.2, 0.25) is 0 Å². The molecule has 1 aromatic carbocycles. The summed E-state index contributed by atoms with van der Waals surface area (Å²) in [4.78, 5) is 7.94. The molecular weight excluding hydrogens is 202 g/mol. The summed E-state index contributed by atoms with van der Waals surface area (Å²) in [5.41, 5.74) is 7.89. The first-order chi connectivity index (χ1) is 7.66. The lowest BCUT2D eigenvalue weighted by Crippen LogP contribution is -1.98. The highest BCUT2D eigenvalue weighted by atomic mass is 16.5. The molecule has 4 heteroatoms. The van der Waals surface area contributed by atoms with E-state index in [1.54, 1.807) is 6.20 Å². The molecule has 0 aliphatic carbocycles. The summed E-state index contributed by atoms with van der Waals surface area (Å²) in [5, 5.41) is 0. The summed E-state index contributed by atoms with van der Waals surface area (Å²) in [7, 11) is 0. The van der Waals surface area contributed by atoms with E-state index in [-0.39, 0.29) is 0 Å². The summed E-state index contributed by atoms with van der Waals surface area (Å²) < 4.78 is 5.60. The molecule has 0 bridgehead atoms. The number of aryl methyl sites for hydroxylation is 2. The van der Waals surface area contributed by atoms with Crippen molar-refractivity contribution < 1.29 is 4.74 Å². The minimum atomic E-state index is 0.294. The summed E-state index contributed by atoms with van der Waals surface area (Å²) in [6.45, 7) is 4.02. The zero-order chi connectivity index (χ0) is 11.5. The van der Waals surface area contributed by atoms with Crippen molar-refractivity contribution in [3.8, 4) is 11.6 Å². The summed E-state index contributed by atoms with van der Waals surface area (Å²) in [6.07, 6.45) is 3.08. The maximum absolute atomic E-state index is 5.65. The Labute approximate surface area is 94.1 Å². The molecule has 0 amide bonds. The van der Waals surface area contributed by atoms with Gasteiger partial charge in [0.1, 0.15) is 5.75 Å². The predicted octanol–water partition coefficient (Wildman–Crippen LogP) is 2.47. The van der Waals surface area contributed by atoms with Gasteiger partial charge < -0.3 is 10.5 Å². The molecule has 82 valence electrons. The normalized spacial score (nSPS) is 10.1. The van der Waals surface area contributed by atoms with E-state index in [2.05, 4.69) is 9.97 Å². The molecule has 2 N–H and O–H groups in total. The van der Waals surface area contributed by atoms with Gasteiger partial charge in [0.15, 0.2) is 5.82 Å². The van der Waals surface area contributed by atoms with Crippen molar-refractivity contribution in [1.29, 1.82) is 0 Å². The van der Waals surface area contributed by atoms with Crippen LogP contribution in [0.25, 0.3) is 0 Å². The van der Waals surface area contributed by atoms with Gasteiger partial charge in [-0.15, -0.1) is 0 Å². The van der Waals surface area contributed by atoms with E-state index >= 15 is 0 Å². The largest absolute Gasteiger partial charge is 0.436 e. The molecule has 0 aliphatic heterocycles. The van der Waals surface area contributed by atoms with Crippen LogP contribution >= 0.6 is 0 Å². The molecule has 0 saturated carbocycles. The van der Waals surface area contributed by atoms with E-state index in [1.165, 1.54) is 11.8 Å². The van der Waals surface area contributed by atoms with Gasteiger partial charge in [-0.1, -0.05) is 17.7 Å². The second-order valence-corrected chi connectivity index (χ2v) is 3.62. The number of hydrogen-bond acceptors (Lipinski definition) is 4. The minimum Gasteiger partial charge on any atom is -0.436 e. The number of ether oxygens (including phenoxy) is 1. The molecule has 0 aliphatic rings. The van der Waals surface area contributed by atoms with E-state index in [0.717, 1.165) is 11.3 Å². The minimum absolute atomic E-state index is 0.294. The van der Waals surface area contributed by atoms with E-state index in [4.69, 9.17) is 10.5 Å². The highest BCUT2D eigenvalue weighted by Gasteiger charge is 2.06. The van der Waals surface area contributed by atoms with E-state index in [0.29, 0.717) is 11.7 Å². The fraction of sp³-hybridized carbons (Fsp3) is 0.167. The van der Waals surface area contributed by atoms with Gasteiger partial charge in [0.25, 0.3) is 5.88 Å². The van der Waals surface area contributed by atoms with Gasteiger partial charge in [0.05, 0.1) is 0 Å². The molecule has 1 heterocycles. The number of nitrogen functional groups attached to an aromatic ring is 1. The molecule has 1 aromatic heterocycles. The first-order valence-electron chi connectivity index (χ1n) is 4.98. The van der Waals surface area contributed by atoms with Crippen molar-refractivity contribution in [3.63, 3.8) is 0 Å². The van der Waals surface area contributed by atoms with Crippen molar-refractivity contribution in [2.45, 2.75) is 13.8 Å². The van der Waals surface area contributed by atoms with Crippen LogP contribution in [0.15, 0.2) is 30.6 Å². The van der Waals surface area contributed by atoms with Gasteiger partial charge in [-0.2, -0.15) is 0 Å². The number of nitrogens with zero attached hydrogens (tertiary/aromatic N) is 2. The first-order valence-corrected chi connectivity index (χ1v) is 4.98. The average molecular weight is 215 g/mol. The van der Waals surface area contributed by atoms with Gasteiger partial charge in [-0.25, -0.2) is 9.97 Å². The second-order valence-electron chi connectivity index (χ2n) is 3.62. The zero-order valence-corrected chi connectivity index (χ0v) is 9.27. The van der Waals surface area contributed by atoms with Crippen LogP contribution in [-0.4, -0.2) is 9.97 Å². The number of aromatic nitrogens is 2. The fourth-order valence-electron chi connectivity index (χ4n) is 1.43. The Morgan fingerprint density at radius 1 is 1.12 bits per heavy atom. The molecule has 2 aromatic rings. The van der Waals surface area contributed by atoms with Crippen molar-refractivity contribution in [2.75, 3.05) is 5.73 Å². The maximum atomic E-state index is 5.65. The summed E-state index contributed by atoms with van der Waals surface area (Å²) in [5.74, 6) is 1.38. The Balaban J connectivity index is 2.31. The van der Waals surface area contributed by atoms with Gasteiger partial charge in [-0.3, -0.25) is 0 Å². The predicted molar refractivity (Wildman–Crippen MR) is 62.4 cm³/mol. The molecule has 0 fully saturated rings. The standard InChI is InChI=1S/C12H13N3O/c1-8-3-4-10(9(2)7-8)16-12-11(13)14-5-6-15-12/h3-7H,1-2H3,(H2,13,14). The van der Waals surface area contributed by atoms with Crippen LogP contribution in [0.4, 0.5) is 5.82 Å². The molecule has 0 unspecified atom stereocenters. The SMILES string of the molecule is Cc1ccc(Oc2nccnc2N)c(C)c1. The highest BCUT2D eigenvalue weighted by Crippen LogP contribution is 2.26. The van der Waals surface area contributed by atoms with E-state index in [9.17, 15) is 0 Å². The number of anilines is 1. The molecule has 4 nitrogen and oxygen atoms in total. The van der Waals surface area contributed by atoms with Crippen LogP contribution in [0.3, 0.4) is 0 Å². The number of rotatable bonds is 2. The van der Waals surface area contributed by atoms with E-state index < -0.39 is 0 Å². The molecule has 16 heavy (non-hydrogen) atoms. The second kappa shape index (κ2) is 4.18. The first kappa shape index (κ1) is 10.4. The Morgan fingerprint density at radius 3 is 2.56 bits per heavy atom. The lowest BCUT2D eigenvalue weighted by molar-refractivity contribution is 0.459. The maximum Gasteiger partial charge on any atom is 0.262 e. The summed E-state index contributed by atoms with van der Waals surface area (Å²) >= 11 is 0. The van der Waals surface area contributed by atoms with Crippen LogP contribution in [0, 0.1) is 13.8 Å². The quantitative estimate of drug-likeness (QED) is 0.835. The summed E-state index contributed by atoms with van der Waals surface area (Å²) in [6, 6.07) is 5.93. The average Bonchev–Trinajstić information content (AvgIpc) is 2.25. The Kier molecular flexibility index (Phi) is 2.72. The van der Waals surface area contributed by atoms with Gasteiger partial charge in [0, 0.05) is 12.4 Å². The van der Waals surface area contributed by atoms with Crippen LogP contribution in [0.5, 0.6) is 11.6 Å². The number of nitrogens with two attached hydrogens (primary N) is 1. The van der Waals surface area contributed by atoms with Crippen LogP contribution < -0.4 is 10.5 Å². The Morgan fingerprint density at radius 2 is 1.88 bits per heavy atom. The van der Waals surface area contributed by atoms with Crippen molar-refractivity contribution in [2.24, 2.45) is 0 Å². The number of hydrogen-bond donors (Lipinski definition) is 1. The third-order valence-electron chi connectivity index (χ3n) is 2.23. The molecule has 0 atom stereocenters. The smallest absolute Gasteiger partial charge is 0.262 e. The fourth-order valence-corrected chi connectivity index (χ4v) is 1.43. The van der Waals surface area contributed by atoms with Gasteiger partial charge in [0.2, 0.25) is 0 Å². The topological polar surface area (TPSA) is 61.0 Å². The van der Waals surface area contributed by atoms with Crippen molar-refractivity contribution >= 4 is 5.82 Å². The van der Waals surface area contributed by atoms with Gasteiger partial charge in [-0.05, 0) is 25.5 Å². The van der Waals surface area contributed by atoms with Gasteiger partial charge >= 0.3 is 0 Å². The lowest BCUT2D eigenvalue weighted by atomic mass is 10.1. The third-order valence-corrected chi connectivity index (χ3v) is 2.23. The van der Waals surface area contributed by atoms with Crippen molar-refractivity contribution in [1.82, 2.24) is 9.97 Å². The monoisotopic (exact) mass is 215 g/mol.